The normalized spacial score (nSPS) is 24.1. The molecule has 1 amide bonds. The van der Waals surface area contributed by atoms with Gasteiger partial charge in [0.2, 0.25) is 0 Å². The Morgan fingerprint density at radius 2 is 2.17 bits per heavy atom. The Morgan fingerprint density at radius 3 is 2.92 bits per heavy atom. The van der Waals surface area contributed by atoms with Gasteiger partial charge in [-0.25, -0.2) is 0 Å². The summed E-state index contributed by atoms with van der Waals surface area (Å²) in [4.78, 5) is 14.7. The smallest absolute Gasteiger partial charge is 0.251 e. The van der Waals surface area contributed by atoms with Gasteiger partial charge in [0.05, 0.1) is 18.8 Å². The number of rotatable bonds is 7. The van der Waals surface area contributed by atoms with Gasteiger partial charge < -0.3 is 19.7 Å². The molecule has 2 fully saturated rings. The molecule has 2 atom stereocenters. The number of ether oxygens (including phenoxy) is 2. The van der Waals surface area contributed by atoms with Gasteiger partial charge in [0, 0.05) is 25.3 Å². The summed E-state index contributed by atoms with van der Waals surface area (Å²) in [6, 6.07) is 7.73. The minimum absolute atomic E-state index is 0.0499. The van der Waals surface area contributed by atoms with Gasteiger partial charge in [-0.2, -0.15) is 0 Å². The molecule has 0 radical (unpaired) electrons. The fourth-order valence-corrected chi connectivity index (χ4v) is 3.02. The second-order valence-electron chi connectivity index (χ2n) is 7.20. The topological polar surface area (TPSA) is 50.8 Å². The van der Waals surface area contributed by atoms with E-state index in [0.717, 1.165) is 31.1 Å². The molecule has 0 unspecified atom stereocenters. The number of nitrogens with one attached hydrogen (secondary N) is 1. The van der Waals surface area contributed by atoms with E-state index in [0.29, 0.717) is 18.8 Å². The quantitative estimate of drug-likeness (QED) is 0.830. The molecule has 1 aromatic carbocycles. The fraction of sp³-hybridized carbons (Fsp3) is 0.632. The van der Waals surface area contributed by atoms with Gasteiger partial charge in [-0.15, -0.1) is 0 Å². The molecule has 1 N–H and O–H groups in total. The van der Waals surface area contributed by atoms with Crippen molar-refractivity contribution in [1.82, 2.24) is 10.2 Å². The van der Waals surface area contributed by atoms with Crippen molar-refractivity contribution in [2.75, 3.05) is 33.9 Å². The van der Waals surface area contributed by atoms with Gasteiger partial charge in [0.1, 0.15) is 0 Å². The molecule has 2 aliphatic rings. The number of carbonyl (C=O) groups is 1. The maximum Gasteiger partial charge on any atom is 0.251 e. The average Bonchev–Trinajstić information content (AvgIpc) is 3.38. The van der Waals surface area contributed by atoms with E-state index in [1.807, 2.05) is 38.4 Å². The molecule has 24 heavy (non-hydrogen) atoms. The maximum absolute atomic E-state index is 12.6. The number of hydrogen-bond donors (Lipinski definition) is 1. The highest BCUT2D eigenvalue weighted by molar-refractivity contribution is 5.94. The van der Waals surface area contributed by atoms with Gasteiger partial charge in [-0.05, 0) is 57.0 Å². The van der Waals surface area contributed by atoms with Crippen LogP contribution in [0.15, 0.2) is 24.3 Å². The Bertz CT molecular complexity index is 557. The average molecular weight is 332 g/mol. The first-order valence-electron chi connectivity index (χ1n) is 8.85. The van der Waals surface area contributed by atoms with Gasteiger partial charge >= 0.3 is 0 Å². The molecule has 1 saturated heterocycles. The number of hydrogen-bond acceptors (Lipinski definition) is 4. The van der Waals surface area contributed by atoms with Crippen molar-refractivity contribution in [3.8, 4) is 0 Å². The van der Waals surface area contributed by atoms with E-state index < -0.39 is 0 Å². The zero-order valence-electron chi connectivity index (χ0n) is 14.7. The molecule has 132 valence electrons. The zero-order valence-corrected chi connectivity index (χ0v) is 14.7. The minimum Gasteiger partial charge on any atom is -0.379 e. The SMILES string of the molecule is CN(C)Cc1cccc(C(=O)N[C@@H]2COCC[C@@H]2OCC2CC2)c1. The standard InChI is InChI=1S/C19H28N2O3/c1-21(2)11-15-4-3-5-16(10-15)19(22)20-17-13-23-9-8-18(17)24-12-14-6-7-14/h3-5,10,14,17-18H,6-9,11-13H2,1-2H3,(H,20,22)/t17-,18+/m1/s1. The minimum atomic E-state index is -0.0671. The van der Waals surface area contributed by atoms with Crippen LogP contribution >= 0.6 is 0 Å². The maximum atomic E-state index is 12.6. The van der Waals surface area contributed by atoms with Crippen LogP contribution in [0, 0.1) is 5.92 Å². The predicted molar refractivity (Wildman–Crippen MR) is 93.0 cm³/mol. The Kier molecular flexibility index (Phi) is 5.87. The Morgan fingerprint density at radius 1 is 1.33 bits per heavy atom. The summed E-state index contributed by atoms with van der Waals surface area (Å²) in [6.45, 7) is 2.87. The third-order valence-corrected chi connectivity index (χ3v) is 4.54. The largest absolute Gasteiger partial charge is 0.379 e. The van der Waals surface area contributed by atoms with Crippen molar-refractivity contribution in [3.63, 3.8) is 0 Å². The third kappa shape index (κ3) is 5.03. The number of nitrogens with zero attached hydrogens (tertiary/aromatic N) is 1. The monoisotopic (exact) mass is 332 g/mol. The van der Waals surface area contributed by atoms with Crippen molar-refractivity contribution < 1.29 is 14.3 Å². The van der Waals surface area contributed by atoms with Crippen LogP contribution < -0.4 is 5.32 Å². The van der Waals surface area contributed by atoms with Crippen LogP contribution in [-0.4, -0.2) is 56.9 Å². The van der Waals surface area contributed by atoms with E-state index in [2.05, 4.69) is 10.2 Å². The van der Waals surface area contributed by atoms with Crippen LogP contribution in [0.3, 0.4) is 0 Å². The first kappa shape index (κ1) is 17.4. The number of benzene rings is 1. The van der Waals surface area contributed by atoms with Crippen molar-refractivity contribution in [2.45, 2.75) is 38.0 Å². The van der Waals surface area contributed by atoms with E-state index >= 15 is 0 Å². The highest BCUT2D eigenvalue weighted by Crippen LogP contribution is 2.30. The lowest BCUT2D eigenvalue weighted by Crippen LogP contribution is -2.50. The molecule has 1 aliphatic carbocycles. The summed E-state index contributed by atoms with van der Waals surface area (Å²) in [5.74, 6) is 0.679. The fourth-order valence-electron chi connectivity index (χ4n) is 3.02. The van der Waals surface area contributed by atoms with Crippen molar-refractivity contribution in [1.29, 1.82) is 0 Å². The zero-order chi connectivity index (χ0) is 16.9. The summed E-state index contributed by atoms with van der Waals surface area (Å²) < 4.78 is 11.6. The Balaban J connectivity index is 1.59. The highest BCUT2D eigenvalue weighted by Gasteiger charge is 2.30. The van der Waals surface area contributed by atoms with Crippen molar-refractivity contribution in [2.24, 2.45) is 5.92 Å². The second kappa shape index (κ2) is 8.10. The van der Waals surface area contributed by atoms with E-state index in [1.165, 1.54) is 12.8 Å². The lowest BCUT2D eigenvalue weighted by atomic mass is 10.0. The number of amides is 1. The summed E-state index contributed by atoms with van der Waals surface area (Å²) in [7, 11) is 4.04. The lowest BCUT2D eigenvalue weighted by Gasteiger charge is -2.32. The van der Waals surface area contributed by atoms with Crippen LogP contribution in [-0.2, 0) is 16.0 Å². The molecule has 5 heteroatoms. The molecule has 5 nitrogen and oxygen atoms in total. The van der Waals surface area contributed by atoms with Crippen LogP contribution in [0.2, 0.25) is 0 Å². The number of carbonyl (C=O) groups excluding carboxylic acids is 1. The first-order chi connectivity index (χ1) is 11.6. The molecule has 1 heterocycles. The van der Waals surface area contributed by atoms with Crippen molar-refractivity contribution in [3.05, 3.63) is 35.4 Å². The van der Waals surface area contributed by atoms with Crippen molar-refractivity contribution >= 4 is 5.91 Å². The summed E-state index contributed by atoms with van der Waals surface area (Å²) >= 11 is 0. The molecule has 0 spiro atoms. The van der Waals surface area contributed by atoms with Crippen LogP contribution in [0.1, 0.15) is 35.2 Å². The van der Waals surface area contributed by atoms with E-state index in [4.69, 9.17) is 9.47 Å². The predicted octanol–water partition coefficient (Wildman–Crippen LogP) is 2.06. The molecule has 0 aromatic heterocycles. The molecule has 1 aromatic rings. The Labute approximate surface area is 144 Å². The van der Waals surface area contributed by atoms with Gasteiger partial charge in [-0.1, -0.05) is 12.1 Å². The molecular weight excluding hydrogens is 304 g/mol. The highest BCUT2D eigenvalue weighted by atomic mass is 16.5. The van der Waals surface area contributed by atoms with E-state index in [1.54, 1.807) is 0 Å². The summed E-state index contributed by atoms with van der Waals surface area (Å²) in [5, 5.41) is 3.11. The van der Waals surface area contributed by atoms with Gasteiger partial charge in [-0.3, -0.25) is 4.79 Å². The van der Waals surface area contributed by atoms with Crippen LogP contribution in [0.25, 0.3) is 0 Å². The van der Waals surface area contributed by atoms with Gasteiger partial charge in [0.15, 0.2) is 0 Å². The second-order valence-corrected chi connectivity index (χ2v) is 7.20. The van der Waals surface area contributed by atoms with Crippen LogP contribution in [0.5, 0.6) is 0 Å². The molecule has 1 saturated carbocycles. The van der Waals surface area contributed by atoms with E-state index in [-0.39, 0.29) is 18.1 Å². The summed E-state index contributed by atoms with van der Waals surface area (Å²) in [5.41, 5.74) is 1.83. The molecular formula is C19H28N2O3. The summed E-state index contributed by atoms with van der Waals surface area (Å²) in [6.07, 6.45) is 3.46. The first-order valence-corrected chi connectivity index (χ1v) is 8.85. The molecule has 0 bridgehead atoms. The third-order valence-electron chi connectivity index (χ3n) is 4.54. The van der Waals surface area contributed by atoms with E-state index in [9.17, 15) is 4.79 Å². The molecule has 3 rings (SSSR count). The van der Waals surface area contributed by atoms with Gasteiger partial charge in [0.25, 0.3) is 5.91 Å². The molecule has 1 aliphatic heterocycles. The lowest BCUT2D eigenvalue weighted by molar-refractivity contribution is -0.0567. The van der Waals surface area contributed by atoms with Crippen LogP contribution in [0.4, 0.5) is 0 Å². The Hall–Kier alpha value is -1.43.